The van der Waals surface area contributed by atoms with Crippen LogP contribution in [0.4, 0.5) is 4.79 Å². The number of ether oxygens (including phenoxy) is 1. The molecule has 0 aliphatic heterocycles. The Morgan fingerprint density at radius 2 is 1.82 bits per heavy atom. The molecule has 0 spiro atoms. The molecule has 8 nitrogen and oxygen atoms in total. The highest BCUT2D eigenvalue weighted by atomic mass is 35.5. The van der Waals surface area contributed by atoms with E-state index in [9.17, 15) is 9.59 Å². The van der Waals surface area contributed by atoms with Crippen molar-refractivity contribution in [3.8, 4) is 22.8 Å². The highest BCUT2D eigenvalue weighted by Gasteiger charge is 2.23. The third-order valence-corrected chi connectivity index (χ3v) is 6.27. The zero-order chi connectivity index (χ0) is 24.3. The van der Waals surface area contributed by atoms with Crippen LogP contribution in [0.5, 0.6) is 5.75 Å². The summed E-state index contributed by atoms with van der Waals surface area (Å²) in [5.74, 6) is 0.598. The van der Waals surface area contributed by atoms with Crippen molar-refractivity contribution >= 4 is 35.3 Å². The van der Waals surface area contributed by atoms with E-state index in [4.69, 9.17) is 22.1 Å². The van der Waals surface area contributed by atoms with Gasteiger partial charge in [0.1, 0.15) is 5.75 Å². The molecule has 1 atom stereocenters. The number of carbonyl (C=O) groups is 2. The molecule has 0 unspecified atom stereocenters. The van der Waals surface area contributed by atoms with Crippen LogP contribution >= 0.6 is 23.4 Å². The van der Waals surface area contributed by atoms with Crippen molar-refractivity contribution in [2.24, 2.45) is 5.73 Å². The summed E-state index contributed by atoms with van der Waals surface area (Å²) in [6.07, 6.45) is 0. The number of thioether (sulfide) groups is 1. The van der Waals surface area contributed by atoms with Gasteiger partial charge in [0.15, 0.2) is 11.0 Å². The van der Waals surface area contributed by atoms with Crippen molar-refractivity contribution in [2.45, 2.75) is 43.5 Å². The van der Waals surface area contributed by atoms with Gasteiger partial charge in [-0.3, -0.25) is 14.7 Å². The van der Waals surface area contributed by atoms with E-state index >= 15 is 0 Å². The summed E-state index contributed by atoms with van der Waals surface area (Å²) in [7, 11) is 1.54. The topological polar surface area (TPSA) is 112 Å². The van der Waals surface area contributed by atoms with Crippen LogP contribution in [-0.2, 0) is 10.2 Å². The fraction of sp³-hybridized carbons (Fsp3) is 0.304. The van der Waals surface area contributed by atoms with Crippen LogP contribution in [0.25, 0.3) is 17.1 Å². The molecule has 0 aliphatic rings. The quantitative estimate of drug-likeness (QED) is 0.492. The minimum atomic E-state index is -0.907. The molecule has 174 valence electrons. The second-order valence-electron chi connectivity index (χ2n) is 8.40. The van der Waals surface area contributed by atoms with Crippen molar-refractivity contribution in [3.63, 3.8) is 0 Å². The van der Waals surface area contributed by atoms with Gasteiger partial charge in [0.25, 0.3) is 0 Å². The van der Waals surface area contributed by atoms with E-state index in [1.807, 2.05) is 22.8 Å². The Bertz CT molecular complexity index is 1170. The number of primary amides is 1. The van der Waals surface area contributed by atoms with E-state index in [1.165, 1.54) is 5.56 Å². The maximum atomic E-state index is 12.2. The fourth-order valence-electron chi connectivity index (χ4n) is 3.11. The van der Waals surface area contributed by atoms with Gasteiger partial charge in [-0.25, -0.2) is 4.79 Å². The van der Waals surface area contributed by atoms with E-state index in [0.29, 0.717) is 27.4 Å². The Morgan fingerprint density at radius 1 is 1.15 bits per heavy atom. The number of nitrogens with two attached hydrogens (primary N) is 1. The molecule has 10 heteroatoms. The van der Waals surface area contributed by atoms with Crippen LogP contribution in [-0.4, -0.2) is 39.1 Å². The Morgan fingerprint density at radius 3 is 2.36 bits per heavy atom. The number of benzene rings is 2. The van der Waals surface area contributed by atoms with Gasteiger partial charge >= 0.3 is 6.03 Å². The van der Waals surface area contributed by atoms with E-state index in [0.717, 1.165) is 17.3 Å². The van der Waals surface area contributed by atoms with E-state index in [1.54, 1.807) is 26.2 Å². The SMILES string of the molecule is COc1ccc(-n2c(S[C@H](C)C(=O)NC(N)=O)nnc2-c2ccc(C(C)(C)C)cc2)cc1Cl. The zero-order valence-corrected chi connectivity index (χ0v) is 20.6. The lowest BCUT2D eigenvalue weighted by Gasteiger charge is -2.19. The molecule has 0 fully saturated rings. The lowest BCUT2D eigenvalue weighted by molar-refractivity contribution is -0.119. The number of methoxy groups -OCH3 is 1. The molecule has 1 heterocycles. The van der Waals surface area contributed by atoms with Crippen molar-refractivity contribution in [1.29, 1.82) is 0 Å². The molecule has 33 heavy (non-hydrogen) atoms. The Hall–Kier alpha value is -3.04. The number of nitrogens with zero attached hydrogens (tertiary/aromatic N) is 3. The van der Waals surface area contributed by atoms with Crippen LogP contribution in [0.2, 0.25) is 5.02 Å². The number of amides is 3. The van der Waals surface area contributed by atoms with E-state index in [2.05, 4.69) is 48.4 Å². The highest BCUT2D eigenvalue weighted by molar-refractivity contribution is 8.00. The van der Waals surface area contributed by atoms with Crippen molar-refractivity contribution in [3.05, 3.63) is 53.1 Å². The molecule has 3 rings (SSSR count). The molecule has 0 saturated carbocycles. The lowest BCUT2D eigenvalue weighted by Crippen LogP contribution is -2.39. The van der Waals surface area contributed by atoms with Crippen LogP contribution < -0.4 is 15.8 Å². The fourth-order valence-corrected chi connectivity index (χ4v) is 4.23. The number of hydrogen-bond acceptors (Lipinski definition) is 6. The largest absolute Gasteiger partial charge is 0.495 e. The minimum Gasteiger partial charge on any atom is -0.495 e. The van der Waals surface area contributed by atoms with Crippen LogP contribution in [0.1, 0.15) is 33.3 Å². The zero-order valence-electron chi connectivity index (χ0n) is 19.0. The smallest absolute Gasteiger partial charge is 0.318 e. The first-order chi connectivity index (χ1) is 15.5. The molecule has 0 saturated heterocycles. The molecule has 3 aromatic rings. The number of imide groups is 1. The lowest BCUT2D eigenvalue weighted by atomic mass is 9.87. The normalized spacial score (nSPS) is 12.3. The molecular weight excluding hydrogens is 462 g/mol. The summed E-state index contributed by atoms with van der Waals surface area (Å²) >= 11 is 7.53. The Kier molecular flexibility index (Phi) is 7.34. The van der Waals surface area contributed by atoms with Gasteiger partial charge in [-0.2, -0.15) is 0 Å². The Labute approximate surface area is 201 Å². The van der Waals surface area contributed by atoms with E-state index in [-0.39, 0.29) is 5.41 Å². The maximum Gasteiger partial charge on any atom is 0.318 e. The minimum absolute atomic E-state index is 0.0138. The second-order valence-corrected chi connectivity index (χ2v) is 10.1. The van der Waals surface area contributed by atoms with E-state index < -0.39 is 17.2 Å². The third kappa shape index (κ3) is 5.66. The van der Waals surface area contributed by atoms with Gasteiger partial charge < -0.3 is 10.5 Å². The number of rotatable bonds is 6. The first-order valence-electron chi connectivity index (χ1n) is 10.2. The molecule has 1 aromatic heterocycles. The molecule has 0 bridgehead atoms. The summed E-state index contributed by atoms with van der Waals surface area (Å²) in [5, 5.41) is 11.0. The number of halogens is 1. The molecule has 2 aromatic carbocycles. The van der Waals surface area contributed by atoms with Crippen molar-refractivity contribution in [1.82, 2.24) is 20.1 Å². The van der Waals surface area contributed by atoms with Gasteiger partial charge in [0.05, 0.1) is 23.1 Å². The van der Waals surface area contributed by atoms with Crippen molar-refractivity contribution < 1.29 is 14.3 Å². The van der Waals surface area contributed by atoms with Crippen LogP contribution in [0.3, 0.4) is 0 Å². The monoisotopic (exact) mass is 487 g/mol. The second kappa shape index (κ2) is 9.84. The average Bonchev–Trinajstić information content (AvgIpc) is 3.16. The predicted octanol–water partition coefficient (Wildman–Crippen LogP) is 4.57. The number of hydrogen-bond donors (Lipinski definition) is 2. The number of carbonyl (C=O) groups excluding carboxylic acids is 2. The first kappa shape index (κ1) is 24.6. The van der Waals surface area contributed by atoms with Gasteiger partial charge in [0.2, 0.25) is 5.91 Å². The van der Waals surface area contributed by atoms with Crippen LogP contribution in [0, 0.1) is 0 Å². The highest BCUT2D eigenvalue weighted by Crippen LogP contribution is 2.34. The number of urea groups is 1. The average molecular weight is 488 g/mol. The van der Waals surface area contributed by atoms with Gasteiger partial charge in [-0.05, 0) is 36.1 Å². The van der Waals surface area contributed by atoms with Gasteiger partial charge in [-0.15, -0.1) is 10.2 Å². The van der Waals surface area contributed by atoms with Crippen LogP contribution in [0.15, 0.2) is 47.6 Å². The standard InChI is InChI=1S/C23H26ClN5O3S/c1-13(20(30)26-21(25)31)33-22-28-27-19(14-6-8-15(9-7-14)23(2,3)4)29(22)16-10-11-18(32-5)17(24)12-16/h6-13H,1-5H3,(H3,25,26,30,31)/t13-/m1/s1. The number of nitrogens with one attached hydrogen (secondary N) is 1. The summed E-state index contributed by atoms with van der Waals surface area (Å²) in [6, 6.07) is 12.5. The predicted molar refractivity (Wildman–Crippen MR) is 130 cm³/mol. The maximum absolute atomic E-state index is 12.2. The molecule has 3 N–H and O–H groups in total. The van der Waals surface area contributed by atoms with Gasteiger partial charge in [0, 0.05) is 5.56 Å². The number of aromatic nitrogens is 3. The summed E-state index contributed by atoms with van der Waals surface area (Å²) in [5.41, 5.74) is 7.83. The first-order valence-corrected chi connectivity index (χ1v) is 11.4. The summed E-state index contributed by atoms with van der Waals surface area (Å²) in [4.78, 5) is 23.3. The third-order valence-electron chi connectivity index (χ3n) is 4.93. The summed E-state index contributed by atoms with van der Waals surface area (Å²) < 4.78 is 7.08. The molecular formula is C23H26ClN5O3S. The molecule has 0 radical (unpaired) electrons. The molecule has 3 amide bonds. The molecule has 0 aliphatic carbocycles. The Balaban J connectivity index is 2.08. The van der Waals surface area contributed by atoms with Crippen molar-refractivity contribution in [2.75, 3.05) is 7.11 Å². The summed E-state index contributed by atoms with van der Waals surface area (Å²) in [6.45, 7) is 8.10. The van der Waals surface area contributed by atoms with Gasteiger partial charge in [-0.1, -0.05) is 68.4 Å².